The molecule has 0 aliphatic rings. The fourth-order valence-corrected chi connectivity index (χ4v) is 6.56. The number of phosphoric acid groups is 1. The SMILES string of the molecule is CC/C=C/CC(O)/C=C/C=C/CCCCCCCC(=O)OC(COC(=O)CCCCCCCCCCCCCCCCC)COP(=O)(O)OCC[N+](C)(C)C. The van der Waals surface area contributed by atoms with Gasteiger partial charge in [0, 0.05) is 12.8 Å². The molecule has 0 heterocycles. The molecule has 0 aromatic rings. The van der Waals surface area contributed by atoms with Gasteiger partial charge in [0.05, 0.1) is 33.9 Å². The van der Waals surface area contributed by atoms with Crippen molar-refractivity contribution >= 4 is 19.8 Å². The summed E-state index contributed by atoms with van der Waals surface area (Å²) in [6, 6.07) is 0. The lowest BCUT2D eigenvalue weighted by atomic mass is 10.0. The number of ether oxygens (including phenoxy) is 2. The molecule has 2 N–H and O–H groups in total. The van der Waals surface area contributed by atoms with Gasteiger partial charge in [0.2, 0.25) is 0 Å². The van der Waals surface area contributed by atoms with E-state index < -0.39 is 32.6 Å². The van der Waals surface area contributed by atoms with Crippen molar-refractivity contribution in [1.29, 1.82) is 0 Å². The predicted octanol–water partition coefficient (Wildman–Crippen LogP) is 11.1. The average Bonchev–Trinajstić information content (AvgIpc) is 3.12. The highest BCUT2D eigenvalue weighted by atomic mass is 31.2. The fraction of sp³-hybridized carbons (Fsp3) is 0.818. The maximum absolute atomic E-state index is 12.7. The predicted molar refractivity (Wildman–Crippen MR) is 226 cm³/mol. The Balaban J connectivity index is 4.42. The summed E-state index contributed by atoms with van der Waals surface area (Å²) in [4.78, 5) is 35.3. The van der Waals surface area contributed by atoms with Crippen LogP contribution in [-0.2, 0) is 32.7 Å². The Kier molecular flexibility index (Phi) is 35.3. The van der Waals surface area contributed by atoms with E-state index in [1.165, 1.54) is 77.0 Å². The van der Waals surface area contributed by atoms with Crippen molar-refractivity contribution in [3.8, 4) is 0 Å². The molecule has 0 saturated heterocycles. The number of carbonyl (C=O) groups excluding carboxylic acids is 2. The third kappa shape index (κ3) is 40.2. The third-order valence-corrected chi connectivity index (χ3v) is 10.2. The molecular weight excluding hydrogens is 717 g/mol. The number of quaternary nitrogens is 1. The van der Waals surface area contributed by atoms with Crippen molar-refractivity contribution in [2.75, 3.05) is 47.5 Å². The Hall–Kier alpha value is -1.81. The first-order chi connectivity index (χ1) is 26.4. The van der Waals surface area contributed by atoms with E-state index in [2.05, 4.69) is 19.9 Å². The van der Waals surface area contributed by atoms with Crippen molar-refractivity contribution in [3.05, 3.63) is 36.5 Å². The number of allylic oxidation sites excluding steroid dienone is 4. The standard InChI is InChI=1S/C44H82NO9P/c1-6-8-10-11-12-13-14-15-16-17-18-21-24-27-31-35-43(47)51-39-42(40-53-55(49,50)52-38-37-45(3,4)5)54-44(48)36-32-28-25-22-19-20-23-26-30-34-41(46)33-29-9-7-2/h9,23,26,29-30,34,41-42,46H,6-8,10-22,24-25,27-28,31-33,35-40H2,1-5H3/p+1/b26-23+,29-9+,34-30+. The molecule has 10 nitrogen and oxygen atoms in total. The minimum Gasteiger partial charge on any atom is -0.462 e. The van der Waals surface area contributed by atoms with Crippen LogP contribution in [0.2, 0.25) is 0 Å². The molecule has 0 aliphatic carbocycles. The van der Waals surface area contributed by atoms with Crippen molar-refractivity contribution in [2.24, 2.45) is 0 Å². The Morgan fingerprint density at radius 3 is 1.73 bits per heavy atom. The van der Waals surface area contributed by atoms with E-state index in [1.807, 2.05) is 45.4 Å². The van der Waals surface area contributed by atoms with Gasteiger partial charge in [-0.15, -0.1) is 0 Å². The van der Waals surface area contributed by atoms with Gasteiger partial charge < -0.3 is 24.0 Å². The third-order valence-electron chi connectivity index (χ3n) is 9.26. The number of aliphatic hydroxyl groups is 1. The average molecular weight is 801 g/mol. The first-order valence-corrected chi connectivity index (χ1v) is 23.3. The number of hydrogen-bond acceptors (Lipinski definition) is 8. The highest BCUT2D eigenvalue weighted by molar-refractivity contribution is 7.47. The molecule has 0 saturated carbocycles. The summed E-state index contributed by atoms with van der Waals surface area (Å²) in [5.74, 6) is -0.849. The van der Waals surface area contributed by atoms with E-state index in [-0.39, 0.29) is 32.0 Å². The number of hydrogen-bond donors (Lipinski definition) is 2. The number of esters is 2. The second-order valence-electron chi connectivity index (χ2n) is 15.9. The van der Waals surface area contributed by atoms with E-state index in [0.717, 1.165) is 57.8 Å². The molecular formula is C44H83NO9P+. The van der Waals surface area contributed by atoms with E-state index >= 15 is 0 Å². The zero-order valence-corrected chi connectivity index (χ0v) is 36.7. The topological polar surface area (TPSA) is 129 Å². The van der Waals surface area contributed by atoms with Gasteiger partial charge in [0.1, 0.15) is 19.8 Å². The minimum atomic E-state index is -4.39. The number of rotatable bonds is 39. The lowest BCUT2D eigenvalue weighted by Crippen LogP contribution is -2.37. The zero-order valence-electron chi connectivity index (χ0n) is 35.8. The molecule has 0 rings (SSSR count). The van der Waals surface area contributed by atoms with Gasteiger partial charge in [-0.3, -0.25) is 18.6 Å². The van der Waals surface area contributed by atoms with E-state index in [4.69, 9.17) is 18.5 Å². The summed E-state index contributed by atoms with van der Waals surface area (Å²) in [5, 5.41) is 9.88. The monoisotopic (exact) mass is 801 g/mol. The summed E-state index contributed by atoms with van der Waals surface area (Å²) in [6.07, 6.45) is 36.6. The summed E-state index contributed by atoms with van der Waals surface area (Å²) < 4.78 is 34.2. The Labute approximate surface area is 336 Å². The highest BCUT2D eigenvalue weighted by Crippen LogP contribution is 2.43. The van der Waals surface area contributed by atoms with Crippen LogP contribution in [0, 0.1) is 0 Å². The van der Waals surface area contributed by atoms with Gasteiger partial charge in [0.15, 0.2) is 6.10 Å². The van der Waals surface area contributed by atoms with Crippen LogP contribution in [0.5, 0.6) is 0 Å². The van der Waals surface area contributed by atoms with Gasteiger partial charge in [-0.05, 0) is 38.5 Å². The van der Waals surface area contributed by atoms with Crippen LogP contribution in [-0.4, -0.2) is 86.1 Å². The van der Waals surface area contributed by atoms with Crippen molar-refractivity contribution in [2.45, 2.75) is 187 Å². The molecule has 11 heteroatoms. The molecule has 0 radical (unpaired) electrons. The van der Waals surface area contributed by atoms with Gasteiger partial charge >= 0.3 is 19.8 Å². The summed E-state index contributed by atoms with van der Waals surface area (Å²) in [5.41, 5.74) is 0. The van der Waals surface area contributed by atoms with Crippen molar-refractivity contribution in [3.63, 3.8) is 0 Å². The van der Waals surface area contributed by atoms with Crippen LogP contribution in [0.1, 0.15) is 174 Å². The van der Waals surface area contributed by atoms with E-state index in [0.29, 0.717) is 23.9 Å². The molecule has 0 spiro atoms. The number of unbranched alkanes of at least 4 members (excludes halogenated alkanes) is 19. The first-order valence-electron chi connectivity index (χ1n) is 21.8. The second kappa shape index (κ2) is 36.5. The number of nitrogens with zero attached hydrogens (tertiary/aromatic N) is 1. The molecule has 55 heavy (non-hydrogen) atoms. The van der Waals surface area contributed by atoms with Gasteiger partial charge in [0.25, 0.3) is 0 Å². The maximum atomic E-state index is 12.7. The molecule has 322 valence electrons. The van der Waals surface area contributed by atoms with Gasteiger partial charge in [-0.2, -0.15) is 0 Å². The lowest BCUT2D eigenvalue weighted by molar-refractivity contribution is -0.870. The maximum Gasteiger partial charge on any atom is 0.472 e. The summed E-state index contributed by atoms with van der Waals surface area (Å²) >= 11 is 0. The molecule has 3 atom stereocenters. The number of carbonyl (C=O) groups is 2. The Morgan fingerprint density at radius 2 is 1.18 bits per heavy atom. The Morgan fingerprint density at radius 1 is 0.655 bits per heavy atom. The molecule has 0 aromatic carbocycles. The first kappa shape index (κ1) is 53.2. The molecule has 0 amide bonds. The molecule has 0 aromatic heterocycles. The van der Waals surface area contributed by atoms with Gasteiger partial charge in [-0.1, -0.05) is 159 Å². The summed E-state index contributed by atoms with van der Waals surface area (Å²) in [6.45, 7) is 4.17. The van der Waals surface area contributed by atoms with Crippen molar-refractivity contribution < 1.29 is 47.2 Å². The van der Waals surface area contributed by atoms with Crippen LogP contribution in [0.4, 0.5) is 0 Å². The number of aliphatic hydroxyl groups excluding tert-OH is 1. The van der Waals surface area contributed by atoms with Crippen molar-refractivity contribution in [1.82, 2.24) is 0 Å². The van der Waals surface area contributed by atoms with Crippen LogP contribution >= 0.6 is 7.82 Å². The van der Waals surface area contributed by atoms with Gasteiger partial charge in [-0.25, -0.2) is 4.57 Å². The van der Waals surface area contributed by atoms with Crippen LogP contribution in [0.25, 0.3) is 0 Å². The normalized spacial score (nSPS) is 14.5. The van der Waals surface area contributed by atoms with Crippen LogP contribution < -0.4 is 0 Å². The second-order valence-corrected chi connectivity index (χ2v) is 17.4. The smallest absolute Gasteiger partial charge is 0.462 e. The molecule has 0 fully saturated rings. The van der Waals surface area contributed by atoms with Crippen LogP contribution in [0.3, 0.4) is 0 Å². The molecule has 3 unspecified atom stereocenters. The van der Waals surface area contributed by atoms with E-state index in [1.54, 1.807) is 6.08 Å². The fourth-order valence-electron chi connectivity index (χ4n) is 5.81. The Bertz CT molecular complexity index is 1060. The largest absolute Gasteiger partial charge is 0.472 e. The van der Waals surface area contributed by atoms with E-state index in [9.17, 15) is 24.2 Å². The zero-order chi connectivity index (χ0) is 40.9. The highest BCUT2D eigenvalue weighted by Gasteiger charge is 2.27. The lowest BCUT2D eigenvalue weighted by Gasteiger charge is -2.24. The minimum absolute atomic E-state index is 0.0185. The number of likely N-dealkylation sites (N-methyl/N-ethyl adjacent to an activating group) is 1. The molecule has 0 aliphatic heterocycles. The summed E-state index contributed by atoms with van der Waals surface area (Å²) in [7, 11) is 1.43. The van der Waals surface area contributed by atoms with Crippen LogP contribution in [0.15, 0.2) is 36.5 Å². The molecule has 0 bridgehead atoms. The quantitative estimate of drug-likeness (QED) is 0.0156. The number of phosphoric ester groups is 1.